The molecule has 0 bridgehead atoms. The molecular weight excluding hydrogens is 300 g/mol. The molecule has 0 unspecified atom stereocenters. The highest BCUT2D eigenvalue weighted by Gasteiger charge is 2.16. The number of esters is 1. The van der Waals surface area contributed by atoms with Gasteiger partial charge in [-0.05, 0) is 41.9 Å². The predicted octanol–water partition coefficient (Wildman–Crippen LogP) is 2.96. The van der Waals surface area contributed by atoms with Crippen molar-refractivity contribution in [3.8, 4) is 5.75 Å². The van der Waals surface area contributed by atoms with Crippen LogP contribution >= 0.6 is 15.9 Å². The number of carbonyl (C=O) groups excluding carboxylic acids is 1. The molecule has 0 aliphatic rings. The number of methoxy groups -OCH3 is 1. The molecule has 1 aromatic carbocycles. The minimum Gasteiger partial charge on any atom is -0.490 e. The van der Waals surface area contributed by atoms with Crippen molar-refractivity contribution in [3.05, 3.63) is 27.7 Å². The van der Waals surface area contributed by atoms with Gasteiger partial charge in [0, 0.05) is 12.7 Å². The Bertz CT molecular complexity index is 418. The maximum absolute atomic E-state index is 11.7. The van der Waals surface area contributed by atoms with E-state index in [4.69, 9.17) is 14.2 Å². The van der Waals surface area contributed by atoms with Crippen LogP contribution in [-0.4, -0.2) is 32.9 Å². The van der Waals surface area contributed by atoms with E-state index in [0.717, 1.165) is 10.0 Å². The Labute approximate surface area is 115 Å². The summed E-state index contributed by atoms with van der Waals surface area (Å²) < 4.78 is 16.3. The molecule has 0 spiro atoms. The lowest BCUT2D eigenvalue weighted by Crippen LogP contribution is -2.10. The number of carbonyl (C=O) groups is 1. The zero-order chi connectivity index (χ0) is 13.5. The van der Waals surface area contributed by atoms with Crippen molar-refractivity contribution in [2.75, 3.05) is 26.9 Å². The molecule has 100 valence electrons. The quantitative estimate of drug-likeness (QED) is 0.598. The number of hydrogen-bond donors (Lipinski definition) is 0. The average Bonchev–Trinajstić information content (AvgIpc) is 2.33. The fraction of sp³-hybridized carbons (Fsp3) is 0.462. The van der Waals surface area contributed by atoms with Crippen LogP contribution in [0.15, 0.2) is 16.6 Å². The van der Waals surface area contributed by atoms with Crippen LogP contribution < -0.4 is 4.74 Å². The van der Waals surface area contributed by atoms with Crippen molar-refractivity contribution >= 4 is 21.9 Å². The topological polar surface area (TPSA) is 44.8 Å². The number of hydrogen-bond acceptors (Lipinski definition) is 4. The standard InChI is InChI=1S/C13H17BrO4/c1-4-17-13(15)10-5-6-11(14)12(9(10)2)18-8-7-16-3/h5-6H,4,7-8H2,1-3H3. The lowest BCUT2D eigenvalue weighted by molar-refractivity contribution is 0.0524. The number of ether oxygens (including phenoxy) is 3. The second kappa shape index (κ2) is 7.38. The number of halogens is 1. The van der Waals surface area contributed by atoms with E-state index in [1.165, 1.54) is 0 Å². The molecule has 5 heteroatoms. The predicted molar refractivity (Wildman–Crippen MR) is 72.2 cm³/mol. The molecule has 0 radical (unpaired) electrons. The lowest BCUT2D eigenvalue weighted by atomic mass is 10.1. The molecule has 0 fully saturated rings. The third kappa shape index (κ3) is 3.71. The fourth-order valence-corrected chi connectivity index (χ4v) is 2.04. The Morgan fingerprint density at radius 1 is 1.33 bits per heavy atom. The zero-order valence-electron chi connectivity index (χ0n) is 10.8. The highest BCUT2D eigenvalue weighted by atomic mass is 79.9. The third-order valence-electron chi connectivity index (χ3n) is 2.39. The van der Waals surface area contributed by atoms with Crippen LogP contribution in [0.1, 0.15) is 22.8 Å². The highest BCUT2D eigenvalue weighted by molar-refractivity contribution is 9.10. The molecule has 0 aromatic heterocycles. The van der Waals surface area contributed by atoms with Gasteiger partial charge in [-0.1, -0.05) is 0 Å². The van der Waals surface area contributed by atoms with E-state index in [1.54, 1.807) is 26.2 Å². The second-order valence-electron chi connectivity index (χ2n) is 3.61. The summed E-state index contributed by atoms with van der Waals surface area (Å²) >= 11 is 3.40. The van der Waals surface area contributed by atoms with E-state index < -0.39 is 0 Å². The van der Waals surface area contributed by atoms with Crippen molar-refractivity contribution in [2.24, 2.45) is 0 Å². The van der Waals surface area contributed by atoms with Gasteiger partial charge in [0.15, 0.2) is 0 Å². The smallest absolute Gasteiger partial charge is 0.338 e. The van der Waals surface area contributed by atoms with Crippen LogP contribution in [0.5, 0.6) is 5.75 Å². The first-order valence-electron chi connectivity index (χ1n) is 5.69. The Balaban J connectivity index is 2.95. The van der Waals surface area contributed by atoms with Gasteiger partial charge in [0.25, 0.3) is 0 Å². The average molecular weight is 317 g/mol. The van der Waals surface area contributed by atoms with Gasteiger partial charge in [-0.25, -0.2) is 4.79 Å². The fourth-order valence-electron chi connectivity index (χ4n) is 1.49. The first-order chi connectivity index (χ1) is 8.61. The van der Waals surface area contributed by atoms with Crippen molar-refractivity contribution in [1.82, 2.24) is 0 Å². The molecular formula is C13H17BrO4. The molecule has 0 saturated heterocycles. The molecule has 0 amide bonds. The van der Waals surface area contributed by atoms with Crippen LogP contribution in [0.2, 0.25) is 0 Å². The van der Waals surface area contributed by atoms with Gasteiger partial charge < -0.3 is 14.2 Å². The SMILES string of the molecule is CCOC(=O)c1ccc(Br)c(OCCOC)c1C. The molecule has 4 nitrogen and oxygen atoms in total. The second-order valence-corrected chi connectivity index (χ2v) is 4.47. The Hall–Kier alpha value is -1.07. The maximum Gasteiger partial charge on any atom is 0.338 e. The Morgan fingerprint density at radius 2 is 2.06 bits per heavy atom. The van der Waals surface area contributed by atoms with E-state index in [0.29, 0.717) is 31.1 Å². The van der Waals surface area contributed by atoms with E-state index in [-0.39, 0.29) is 5.97 Å². The minimum atomic E-state index is -0.334. The van der Waals surface area contributed by atoms with Crippen LogP contribution in [0.25, 0.3) is 0 Å². The first kappa shape index (κ1) is 15.0. The molecule has 0 aliphatic heterocycles. The number of rotatable bonds is 6. The van der Waals surface area contributed by atoms with Crippen LogP contribution in [-0.2, 0) is 9.47 Å². The summed E-state index contributed by atoms with van der Waals surface area (Å²) in [5.41, 5.74) is 1.28. The van der Waals surface area contributed by atoms with Crippen LogP contribution in [0.4, 0.5) is 0 Å². The summed E-state index contributed by atoms with van der Waals surface area (Å²) in [6.45, 7) is 4.90. The molecule has 18 heavy (non-hydrogen) atoms. The van der Waals surface area contributed by atoms with Gasteiger partial charge in [-0.15, -0.1) is 0 Å². The monoisotopic (exact) mass is 316 g/mol. The summed E-state index contributed by atoms with van der Waals surface area (Å²) in [7, 11) is 1.61. The van der Waals surface area contributed by atoms with Crippen molar-refractivity contribution in [1.29, 1.82) is 0 Å². The van der Waals surface area contributed by atoms with Crippen molar-refractivity contribution < 1.29 is 19.0 Å². The summed E-state index contributed by atoms with van der Waals surface area (Å²) in [4.78, 5) is 11.7. The third-order valence-corrected chi connectivity index (χ3v) is 3.01. The Kier molecular flexibility index (Phi) is 6.15. The van der Waals surface area contributed by atoms with Gasteiger partial charge in [-0.3, -0.25) is 0 Å². The molecule has 0 aliphatic carbocycles. The summed E-state index contributed by atoms with van der Waals surface area (Å²) in [6, 6.07) is 3.50. The molecule has 0 atom stereocenters. The minimum absolute atomic E-state index is 0.334. The van der Waals surface area contributed by atoms with Gasteiger partial charge in [0.05, 0.1) is 23.2 Å². The van der Waals surface area contributed by atoms with Crippen molar-refractivity contribution in [3.63, 3.8) is 0 Å². The summed E-state index contributed by atoms with van der Waals surface area (Å²) in [5.74, 6) is 0.316. The van der Waals surface area contributed by atoms with E-state index >= 15 is 0 Å². The largest absolute Gasteiger partial charge is 0.490 e. The van der Waals surface area contributed by atoms with Crippen LogP contribution in [0.3, 0.4) is 0 Å². The molecule has 0 saturated carbocycles. The van der Waals surface area contributed by atoms with E-state index in [1.807, 2.05) is 6.92 Å². The van der Waals surface area contributed by atoms with E-state index in [2.05, 4.69) is 15.9 Å². The molecule has 0 heterocycles. The molecule has 1 aromatic rings. The number of benzene rings is 1. The van der Waals surface area contributed by atoms with E-state index in [9.17, 15) is 4.79 Å². The Morgan fingerprint density at radius 3 is 2.67 bits per heavy atom. The zero-order valence-corrected chi connectivity index (χ0v) is 12.4. The first-order valence-corrected chi connectivity index (χ1v) is 6.49. The van der Waals surface area contributed by atoms with Gasteiger partial charge in [0.1, 0.15) is 12.4 Å². The molecule has 0 N–H and O–H groups in total. The lowest BCUT2D eigenvalue weighted by Gasteiger charge is -2.13. The normalized spacial score (nSPS) is 10.2. The molecule has 1 rings (SSSR count). The highest BCUT2D eigenvalue weighted by Crippen LogP contribution is 2.31. The summed E-state index contributed by atoms with van der Waals surface area (Å²) in [5, 5.41) is 0. The van der Waals surface area contributed by atoms with Crippen molar-refractivity contribution in [2.45, 2.75) is 13.8 Å². The summed E-state index contributed by atoms with van der Waals surface area (Å²) in [6.07, 6.45) is 0. The van der Waals surface area contributed by atoms with Gasteiger partial charge >= 0.3 is 5.97 Å². The van der Waals surface area contributed by atoms with Gasteiger partial charge in [0.2, 0.25) is 0 Å². The maximum atomic E-state index is 11.7. The van der Waals surface area contributed by atoms with Crippen LogP contribution in [0, 0.1) is 6.92 Å². The van der Waals surface area contributed by atoms with Gasteiger partial charge in [-0.2, -0.15) is 0 Å².